The van der Waals surface area contributed by atoms with Gasteiger partial charge in [0.2, 0.25) is 0 Å². The number of nitrogens with zero attached hydrogens (tertiary/aromatic N) is 1. The van der Waals surface area contributed by atoms with Crippen molar-refractivity contribution in [1.29, 1.82) is 0 Å². The number of ether oxygens (including phenoxy) is 2. The number of benzene rings is 3. The quantitative estimate of drug-likeness (QED) is 0.466. The minimum Gasteiger partial charge on any atom is -0.504 e. The van der Waals surface area contributed by atoms with Crippen molar-refractivity contribution in [2.45, 2.75) is 6.82 Å². The predicted octanol–water partition coefficient (Wildman–Crippen LogP) is 4.10. The SMILES string of the molecule is CBc1cnc2cc(O)c(OC)cc2c1Oc1ccc(NC(=O)c2ccccc2)cc1. The van der Waals surface area contributed by atoms with E-state index in [0.717, 1.165) is 18.1 Å². The van der Waals surface area contributed by atoms with Gasteiger partial charge in [0, 0.05) is 28.9 Å². The zero-order valence-electron chi connectivity index (χ0n) is 17.3. The van der Waals surface area contributed by atoms with Gasteiger partial charge in [0.25, 0.3) is 5.91 Å². The molecule has 0 saturated heterocycles. The van der Waals surface area contributed by atoms with Crippen LogP contribution in [0.25, 0.3) is 10.9 Å². The van der Waals surface area contributed by atoms with E-state index in [1.54, 1.807) is 54.7 Å². The number of phenols is 1. The highest BCUT2D eigenvalue weighted by molar-refractivity contribution is 6.53. The number of carbonyl (C=O) groups is 1. The Morgan fingerprint density at radius 3 is 2.48 bits per heavy atom. The highest BCUT2D eigenvalue weighted by Gasteiger charge is 2.14. The van der Waals surface area contributed by atoms with E-state index in [9.17, 15) is 9.90 Å². The van der Waals surface area contributed by atoms with Crippen molar-refractivity contribution < 1.29 is 19.4 Å². The number of fused-ring (bicyclic) bond motifs is 1. The molecule has 154 valence electrons. The van der Waals surface area contributed by atoms with Gasteiger partial charge in [0.05, 0.1) is 12.6 Å². The summed E-state index contributed by atoms with van der Waals surface area (Å²) in [5.41, 5.74) is 2.80. The Bertz CT molecular complexity index is 1230. The maximum atomic E-state index is 12.3. The van der Waals surface area contributed by atoms with Crippen molar-refractivity contribution in [2.24, 2.45) is 0 Å². The molecule has 0 aliphatic carbocycles. The Balaban J connectivity index is 1.61. The number of pyridine rings is 1. The largest absolute Gasteiger partial charge is 0.504 e. The second kappa shape index (κ2) is 8.79. The van der Waals surface area contributed by atoms with Gasteiger partial charge in [-0.25, -0.2) is 0 Å². The molecule has 0 unspecified atom stereocenters. The van der Waals surface area contributed by atoms with Gasteiger partial charge in [-0.2, -0.15) is 0 Å². The van der Waals surface area contributed by atoms with Gasteiger partial charge in [-0.3, -0.25) is 9.78 Å². The van der Waals surface area contributed by atoms with E-state index in [1.807, 2.05) is 25.0 Å². The van der Waals surface area contributed by atoms with Crippen LogP contribution in [0.2, 0.25) is 6.82 Å². The first-order valence-corrected chi connectivity index (χ1v) is 9.92. The minimum absolute atomic E-state index is 0.0243. The third-order valence-electron chi connectivity index (χ3n) is 4.94. The molecule has 0 spiro atoms. The topological polar surface area (TPSA) is 80.7 Å². The van der Waals surface area contributed by atoms with Gasteiger partial charge in [0.15, 0.2) is 18.8 Å². The Morgan fingerprint density at radius 1 is 1.06 bits per heavy atom. The number of hydrogen-bond donors (Lipinski definition) is 2. The molecule has 0 bridgehead atoms. The summed E-state index contributed by atoms with van der Waals surface area (Å²) in [6.45, 7) is 2.02. The highest BCUT2D eigenvalue weighted by atomic mass is 16.5. The van der Waals surface area contributed by atoms with Crippen LogP contribution in [0, 0.1) is 0 Å². The van der Waals surface area contributed by atoms with E-state index < -0.39 is 0 Å². The zero-order chi connectivity index (χ0) is 21.8. The van der Waals surface area contributed by atoms with Crippen molar-refractivity contribution in [3.8, 4) is 23.0 Å². The van der Waals surface area contributed by atoms with E-state index >= 15 is 0 Å². The zero-order valence-corrected chi connectivity index (χ0v) is 17.3. The number of anilines is 1. The first kappa shape index (κ1) is 20.3. The van der Waals surface area contributed by atoms with Crippen LogP contribution in [0.5, 0.6) is 23.0 Å². The fraction of sp³-hybridized carbons (Fsp3) is 0.0833. The molecule has 6 nitrogen and oxygen atoms in total. The monoisotopic (exact) mass is 412 g/mol. The lowest BCUT2D eigenvalue weighted by molar-refractivity contribution is 0.102. The third kappa shape index (κ3) is 4.30. The third-order valence-corrected chi connectivity index (χ3v) is 4.94. The van der Waals surface area contributed by atoms with Gasteiger partial charge in [-0.1, -0.05) is 25.0 Å². The van der Waals surface area contributed by atoms with Crippen molar-refractivity contribution in [3.05, 3.63) is 78.5 Å². The molecule has 0 radical (unpaired) electrons. The molecule has 1 aromatic heterocycles. The Hall–Kier alpha value is -4.00. The lowest BCUT2D eigenvalue weighted by Crippen LogP contribution is -2.15. The van der Waals surface area contributed by atoms with Crippen molar-refractivity contribution >= 4 is 35.2 Å². The second-order valence-electron chi connectivity index (χ2n) is 6.95. The summed E-state index contributed by atoms with van der Waals surface area (Å²) in [6.07, 6.45) is 1.75. The van der Waals surface area contributed by atoms with Crippen LogP contribution in [0.3, 0.4) is 0 Å². The number of aromatic hydroxyl groups is 1. The molecule has 0 atom stereocenters. The molecule has 4 rings (SSSR count). The number of nitrogens with one attached hydrogen (secondary N) is 1. The molecule has 31 heavy (non-hydrogen) atoms. The van der Waals surface area contributed by atoms with E-state index in [0.29, 0.717) is 34.0 Å². The summed E-state index contributed by atoms with van der Waals surface area (Å²) in [5, 5.41) is 13.7. The van der Waals surface area contributed by atoms with Gasteiger partial charge in [0.1, 0.15) is 11.5 Å². The van der Waals surface area contributed by atoms with Crippen LogP contribution in [-0.2, 0) is 0 Å². The summed E-state index contributed by atoms with van der Waals surface area (Å²) in [5.74, 6) is 1.48. The molecular formula is C24H21BN2O4. The van der Waals surface area contributed by atoms with Crippen molar-refractivity contribution in [3.63, 3.8) is 0 Å². The molecule has 0 aliphatic rings. The second-order valence-corrected chi connectivity index (χ2v) is 6.95. The number of amides is 1. The molecule has 1 heterocycles. The molecule has 0 aliphatic heterocycles. The molecule has 7 heteroatoms. The molecule has 0 saturated carbocycles. The van der Waals surface area contributed by atoms with Crippen LogP contribution in [0.4, 0.5) is 5.69 Å². The van der Waals surface area contributed by atoms with E-state index in [2.05, 4.69) is 10.3 Å². The molecule has 1 amide bonds. The van der Waals surface area contributed by atoms with Crippen LogP contribution in [0.1, 0.15) is 10.4 Å². The Labute approximate surface area is 180 Å². The average molecular weight is 412 g/mol. The summed E-state index contributed by atoms with van der Waals surface area (Å²) in [7, 11) is 2.23. The summed E-state index contributed by atoms with van der Waals surface area (Å²) in [4.78, 5) is 16.7. The predicted molar refractivity (Wildman–Crippen MR) is 124 cm³/mol. The van der Waals surface area contributed by atoms with Crippen LogP contribution < -0.4 is 20.3 Å². The lowest BCUT2D eigenvalue weighted by Gasteiger charge is -2.15. The maximum absolute atomic E-state index is 12.3. The van der Waals surface area contributed by atoms with Gasteiger partial charge in [-0.15, -0.1) is 0 Å². The number of carbonyl (C=O) groups excluding carboxylic acids is 1. The molecule has 2 N–H and O–H groups in total. The first-order valence-electron chi connectivity index (χ1n) is 9.92. The standard InChI is InChI=1S/C24H21BN2O4/c1-25-19-14-26-20-13-21(28)22(30-2)12-18(20)23(19)31-17-10-8-16(9-11-17)27-24(29)15-6-4-3-5-7-15/h3-14,25,28H,1-2H3,(H,27,29). The maximum Gasteiger partial charge on any atom is 0.255 e. The van der Waals surface area contributed by atoms with Crippen LogP contribution in [0.15, 0.2) is 72.9 Å². The van der Waals surface area contributed by atoms with Gasteiger partial charge >= 0.3 is 0 Å². The lowest BCUT2D eigenvalue weighted by atomic mass is 9.73. The molecule has 3 aromatic carbocycles. The summed E-state index contributed by atoms with van der Waals surface area (Å²) < 4.78 is 11.5. The average Bonchev–Trinajstić information content (AvgIpc) is 2.80. The molecule has 0 fully saturated rings. The molecule has 4 aromatic rings. The summed E-state index contributed by atoms with van der Waals surface area (Å²) >= 11 is 0. The number of phenolic OH excluding ortho intramolecular Hbond substituents is 1. The number of rotatable bonds is 6. The van der Waals surface area contributed by atoms with Crippen LogP contribution >= 0.6 is 0 Å². The minimum atomic E-state index is -0.172. The van der Waals surface area contributed by atoms with Gasteiger partial charge in [-0.05, 0) is 47.9 Å². The van der Waals surface area contributed by atoms with E-state index in [1.165, 1.54) is 7.11 Å². The Kier molecular flexibility index (Phi) is 5.75. The van der Waals surface area contributed by atoms with E-state index in [4.69, 9.17) is 9.47 Å². The number of aromatic nitrogens is 1. The normalized spacial score (nSPS) is 10.5. The number of hydrogen-bond acceptors (Lipinski definition) is 5. The number of methoxy groups -OCH3 is 1. The molecular weight excluding hydrogens is 391 g/mol. The van der Waals surface area contributed by atoms with E-state index in [-0.39, 0.29) is 11.7 Å². The van der Waals surface area contributed by atoms with Gasteiger partial charge < -0.3 is 19.9 Å². The van der Waals surface area contributed by atoms with Crippen molar-refractivity contribution in [1.82, 2.24) is 4.98 Å². The first-order chi connectivity index (χ1) is 15.1. The van der Waals surface area contributed by atoms with Crippen LogP contribution in [-0.4, -0.2) is 30.4 Å². The fourth-order valence-electron chi connectivity index (χ4n) is 3.28. The fourth-order valence-corrected chi connectivity index (χ4v) is 3.28. The van der Waals surface area contributed by atoms with Crippen molar-refractivity contribution in [2.75, 3.05) is 12.4 Å². The highest BCUT2D eigenvalue weighted by Crippen LogP contribution is 2.35. The summed E-state index contributed by atoms with van der Waals surface area (Å²) in [6, 6.07) is 19.5. The Morgan fingerprint density at radius 2 is 1.81 bits per heavy atom. The smallest absolute Gasteiger partial charge is 0.255 e.